The Balaban J connectivity index is 1.79. The van der Waals surface area contributed by atoms with Gasteiger partial charge in [-0.1, -0.05) is 12.8 Å². The maximum atomic E-state index is 11.1. The van der Waals surface area contributed by atoms with Gasteiger partial charge in [-0.15, -0.1) is 0 Å². The van der Waals surface area contributed by atoms with Crippen LogP contribution in [0.15, 0.2) is 0 Å². The number of carboxylic acids is 1. The lowest BCUT2D eigenvalue weighted by molar-refractivity contribution is -0.143. The highest BCUT2D eigenvalue weighted by molar-refractivity contribution is 5.77. The lowest BCUT2D eigenvalue weighted by Crippen LogP contribution is -2.55. The lowest BCUT2D eigenvalue weighted by Gasteiger charge is -2.41. The Labute approximate surface area is 122 Å². The van der Waals surface area contributed by atoms with Crippen molar-refractivity contribution in [1.82, 2.24) is 9.80 Å². The van der Waals surface area contributed by atoms with Gasteiger partial charge in [0.25, 0.3) is 0 Å². The van der Waals surface area contributed by atoms with Crippen LogP contribution in [0, 0.1) is 0 Å². The van der Waals surface area contributed by atoms with E-state index >= 15 is 0 Å². The summed E-state index contributed by atoms with van der Waals surface area (Å²) < 4.78 is 0. The Morgan fingerprint density at radius 2 is 1.85 bits per heavy atom. The first kappa shape index (κ1) is 15.7. The molecule has 0 aromatic carbocycles. The van der Waals surface area contributed by atoms with Crippen LogP contribution in [0.2, 0.25) is 0 Å². The van der Waals surface area contributed by atoms with Gasteiger partial charge in [0.2, 0.25) is 0 Å². The molecule has 20 heavy (non-hydrogen) atoms. The van der Waals surface area contributed by atoms with E-state index in [4.69, 9.17) is 10.8 Å². The molecule has 1 aliphatic carbocycles. The van der Waals surface area contributed by atoms with Crippen molar-refractivity contribution in [2.45, 2.75) is 63.6 Å². The number of piperazine rings is 1. The predicted molar refractivity (Wildman–Crippen MR) is 79.7 cm³/mol. The summed E-state index contributed by atoms with van der Waals surface area (Å²) in [7, 11) is 0. The molecule has 5 heteroatoms. The van der Waals surface area contributed by atoms with E-state index in [1.54, 1.807) is 6.92 Å². The van der Waals surface area contributed by atoms with E-state index in [-0.39, 0.29) is 6.04 Å². The number of carboxylic acid groups (broad SMARTS) is 1. The van der Waals surface area contributed by atoms with Crippen LogP contribution >= 0.6 is 0 Å². The fraction of sp³-hybridized carbons (Fsp3) is 0.933. The fourth-order valence-electron chi connectivity index (χ4n) is 3.64. The number of rotatable bonds is 5. The number of carbonyl (C=O) groups is 1. The molecule has 0 bridgehead atoms. The van der Waals surface area contributed by atoms with Gasteiger partial charge >= 0.3 is 5.97 Å². The van der Waals surface area contributed by atoms with Gasteiger partial charge in [-0.3, -0.25) is 14.6 Å². The molecule has 1 aliphatic heterocycles. The normalized spacial score (nSPS) is 27.4. The number of nitrogens with zero attached hydrogens (tertiary/aromatic N) is 2. The monoisotopic (exact) mass is 283 g/mol. The summed E-state index contributed by atoms with van der Waals surface area (Å²) in [4.78, 5) is 16.1. The summed E-state index contributed by atoms with van der Waals surface area (Å²) in [6, 6.07) is 1.03. The first-order chi connectivity index (χ1) is 9.40. The average molecular weight is 283 g/mol. The zero-order valence-corrected chi connectivity index (χ0v) is 12.8. The van der Waals surface area contributed by atoms with E-state index in [2.05, 4.69) is 16.7 Å². The second kappa shape index (κ2) is 6.41. The summed E-state index contributed by atoms with van der Waals surface area (Å²) >= 11 is 0. The molecule has 2 rings (SSSR count). The third-order valence-corrected chi connectivity index (χ3v) is 5.02. The second-order valence-electron chi connectivity index (χ2n) is 6.79. The molecule has 3 N–H and O–H groups in total. The number of hydrogen-bond donors (Lipinski definition) is 2. The van der Waals surface area contributed by atoms with Gasteiger partial charge < -0.3 is 10.8 Å². The van der Waals surface area contributed by atoms with Crippen molar-refractivity contribution in [2.75, 3.05) is 26.2 Å². The van der Waals surface area contributed by atoms with Crippen molar-refractivity contribution in [3.05, 3.63) is 0 Å². The van der Waals surface area contributed by atoms with Crippen molar-refractivity contribution < 1.29 is 9.90 Å². The quantitative estimate of drug-likeness (QED) is 0.791. The maximum absolute atomic E-state index is 11.1. The minimum Gasteiger partial charge on any atom is -0.480 e. The van der Waals surface area contributed by atoms with Gasteiger partial charge in [0, 0.05) is 38.3 Å². The second-order valence-corrected chi connectivity index (χ2v) is 6.79. The summed E-state index contributed by atoms with van der Waals surface area (Å²) in [5, 5.41) is 9.12. The van der Waals surface area contributed by atoms with Gasteiger partial charge in [0.1, 0.15) is 5.54 Å². The van der Waals surface area contributed by atoms with Gasteiger partial charge in [0.05, 0.1) is 0 Å². The van der Waals surface area contributed by atoms with E-state index in [1.165, 1.54) is 25.7 Å². The highest BCUT2D eigenvalue weighted by Gasteiger charge is 2.33. The first-order valence-corrected chi connectivity index (χ1v) is 7.90. The molecule has 0 aromatic heterocycles. The molecule has 5 nitrogen and oxygen atoms in total. The highest BCUT2D eigenvalue weighted by atomic mass is 16.4. The van der Waals surface area contributed by atoms with Crippen LogP contribution in [0.1, 0.15) is 46.0 Å². The third-order valence-electron chi connectivity index (χ3n) is 5.02. The molecule has 2 atom stereocenters. The molecule has 1 saturated heterocycles. The molecule has 0 spiro atoms. The van der Waals surface area contributed by atoms with Gasteiger partial charge in [-0.05, 0) is 33.1 Å². The molecular weight excluding hydrogens is 254 g/mol. The fourth-order valence-corrected chi connectivity index (χ4v) is 3.64. The molecular formula is C15H29N3O2. The number of nitrogens with two attached hydrogens (primary N) is 1. The molecule has 0 radical (unpaired) electrons. The van der Waals surface area contributed by atoms with Crippen molar-refractivity contribution in [3.8, 4) is 0 Å². The van der Waals surface area contributed by atoms with Crippen LogP contribution in [0.5, 0.6) is 0 Å². The summed E-state index contributed by atoms with van der Waals surface area (Å²) in [6.45, 7) is 8.01. The Morgan fingerprint density at radius 1 is 1.30 bits per heavy atom. The lowest BCUT2D eigenvalue weighted by atomic mass is 9.94. The minimum absolute atomic E-state index is 0.229. The summed E-state index contributed by atoms with van der Waals surface area (Å²) in [5.41, 5.74) is 4.73. The van der Waals surface area contributed by atoms with Crippen LogP contribution in [0.4, 0.5) is 0 Å². The largest absolute Gasteiger partial charge is 0.480 e. The van der Waals surface area contributed by atoms with E-state index in [0.29, 0.717) is 6.42 Å². The van der Waals surface area contributed by atoms with Crippen LogP contribution in [-0.2, 0) is 4.79 Å². The van der Waals surface area contributed by atoms with E-state index < -0.39 is 11.5 Å². The van der Waals surface area contributed by atoms with Crippen LogP contribution < -0.4 is 5.73 Å². The van der Waals surface area contributed by atoms with Gasteiger partial charge in [0.15, 0.2) is 0 Å². The van der Waals surface area contributed by atoms with Crippen LogP contribution in [0.3, 0.4) is 0 Å². The van der Waals surface area contributed by atoms with Crippen molar-refractivity contribution in [2.24, 2.45) is 5.73 Å². The van der Waals surface area contributed by atoms with Gasteiger partial charge in [-0.25, -0.2) is 0 Å². The van der Waals surface area contributed by atoms with Crippen molar-refractivity contribution in [3.63, 3.8) is 0 Å². The predicted octanol–water partition coefficient (Wildman–Crippen LogP) is 1.13. The Morgan fingerprint density at radius 3 is 2.35 bits per heavy atom. The molecule has 2 unspecified atom stereocenters. The minimum atomic E-state index is -1.12. The molecule has 0 aromatic rings. The van der Waals surface area contributed by atoms with Crippen LogP contribution in [0.25, 0.3) is 0 Å². The SMILES string of the molecule is CC(CC(C)(N)C(=O)O)N1CCN(C2CCCC2)CC1. The average Bonchev–Trinajstić information content (AvgIpc) is 2.92. The molecule has 0 amide bonds. The Bertz CT molecular complexity index is 332. The topological polar surface area (TPSA) is 69.8 Å². The maximum Gasteiger partial charge on any atom is 0.323 e. The zero-order chi connectivity index (χ0) is 14.8. The molecule has 1 heterocycles. The first-order valence-electron chi connectivity index (χ1n) is 7.90. The molecule has 116 valence electrons. The van der Waals surface area contributed by atoms with Crippen molar-refractivity contribution >= 4 is 5.97 Å². The van der Waals surface area contributed by atoms with E-state index in [0.717, 1.165) is 32.2 Å². The standard InChI is InChI=1S/C15H29N3O2/c1-12(11-15(2,16)14(19)20)17-7-9-18(10-8-17)13-5-3-4-6-13/h12-13H,3-11,16H2,1-2H3,(H,19,20). The Kier molecular flexibility index (Phi) is 5.04. The number of hydrogen-bond acceptors (Lipinski definition) is 4. The summed E-state index contributed by atoms with van der Waals surface area (Å²) in [6.07, 6.45) is 5.98. The molecule has 2 fully saturated rings. The van der Waals surface area contributed by atoms with E-state index in [9.17, 15) is 4.79 Å². The molecule has 1 saturated carbocycles. The van der Waals surface area contributed by atoms with Crippen molar-refractivity contribution in [1.29, 1.82) is 0 Å². The highest BCUT2D eigenvalue weighted by Crippen LogP contribution is 2.25. The summed E-state index contributed by atoms with van der Waals surface area (Å²) in [5.74, 6) is -0.908. The van der Waals surface area contributed by atoms with Crippen LogP contribution in [-0.4, -0.2) is 64.7 Å². The number of aliphatic carboxylic acids is 1. The zero-order valence-electron chi connectivity index (χ0n) is 12.8. The third kappa shape index (κ3) is 3.71. The molecule has 2 aliphatic rings. The van der Waals surface area contributed by atoms with E-state index in [1.807, 2.05) is 0 Å². The Hall–Kier alpha value is -0.650. The van der Waals surface area contributed by atoms with Gasteiger partial charge in [-0.2, -0.15) is 0 Å². The smallest absolute Gasteiger partial charge is 0.323 e.